The zero-order valence-electron chi connectivity index (χ0n) is 10.8. The summed E-state index contributed by atoms with van der Waals surface area (Å²) in [5.41, 5.74) is 2.59. The Kier molecular flexibility index (Phi) is 5.62. The first kappa shape index (κ1) is 13.0. The van der Waals surface area contributed by atoms with Crippen molar-refractivity contribution in [1.82, 2.24) is 4.57 Å². The van der Waals surface area contributed by atoms with Crippen molar-refractivity contribution < 1.29 is 0 Å². The Labute approximate surface area is 96.6 Å². The van der Waals surface area contributed by atoms with Gasteiger partial charge in [0, 0.05) is 0 Å². The van der Waals surface area contributed by atoms with E-state index in [4.69, 9.17) is 0 Å². The first-order valence-corrected chi connectivity index (χ1v) is 9.12. The molecule has 2 heteroatoms. The van der Waals surface area contributed by atoms with E-state index in [1.165, 1.54) is 50.9 Å². The molecular formula is C13H27NSi. The van der Waals surface area contributed by atoms with Crippen LogP contribution in [0.1, 0.15) is 46.5 Å². The second-order valence-electron chi connectivity index (χ2n) is 4.75. The molecule has 15 heavy (non-hydrogen) atoms. The highest BCUT2D eigenvalue weighted by Crippen LogP contribution is 2.27. The molecule has 0 amide bonds. The minimum absolute atomic E-state index is 1.22. The van der Waals surface area contributed by atoms with Gasteiger partial charge in [0.2, 0.25) is 0 Å². The summed E-state index contributed by atoms with van der Waals surface area (Å²) in [6.07, 6.45) is 7.96. The lowest BCUT2D eigenvalue weighted by Gasteiger charge is -2.42. The van der Waals surface area contributed by atoms with Gasteiger partial charge >= 0.3 is 0 Å². The smallest absolute Gasteiger partial charge is 0.152 e. The third kappa shape index (κ3) is 3.18. The van der Waals surface area contributed by atoms with Crippen LogP contribution in [0.15, 0.2) is 11.8 Å². The Morgan fingerprint density at radius 2 is 1.80 bits per heavy atom. The first-order chi connectivity index (χ1) is 7.29. The number of hydrogen-bond donors (Lipinski definition) is 0. The summed E-state index contributed by atoms with van der Waals surface area (Å²) in [6, 6.07) is 2.85. The second-order valence-corrected chi connectivity index (χ2v) is 9.13. The van der Waals surface area contributed by atoms with E-state index in [2.05, 4.69) is 37.1 Å². The molecule has 1 aliphatic heterocycles. The highest BCUT2D eigenvalue weighted by Gasteiger charge is 2.34. The van der Waals surface area contributed by atoms with Crippen LogP contribution in [0.2, 0.25) is 12.1 Å². The van der Waals surface area contributed by atoms with Gasteiger partial charge in [-0.15, -0.1) is 0 Å². The summed E-state index contributed by atoms with van der Waals surface area (Å²) < 4.78 is 2.86. The highest BCUT2D eigenvalue weighted by atomic mass is 28.3. The summed E-state index contributed by atoms with van der Waals surface area (Å²) in [7, 11) is -1.22. The van der Waals surface area contributed by atoms with E-state index in [1.54, 1.807) is 0 Å². The van der Waals surface area contributed by atoms with Gasteiger partial charge in [0.15, 0.2) is 8.24 Å². The first-order valence-electron chi connectivity index (χ1n) is 6.68. The Morgan fingerprint density at radius 1 is 1.13 bits per heavy atom. The zero-order valence-corrected chi connectivity index (χ0v) is 11.8. The molecule has 1 unspecified atom stereocenters. The molecule has 1 nitrogen and oxygen atoms in total. The second kappa shape index (κ2) is 6.49. The molecule has 0 saturated carbocycles. The Balaban J connectivity index is 2.75. The molecule has 0 aromatic rings. The summed E-state index contributed by atoms with van der Waals surface area (Å²) in [5.74, 6) is 0. The van der Waals surface area contributed by atoms with Gasteiger partial charge in [0.05, 0.1) is 0 Å². The van der Waals surface area contributed by atoms with Crippen LogP contribution in [-0.4, -0.2) is 25.9 Å². The van der Waals surface area contributed by atoms with Crippen molar-refractivity contribution in [3.8, 4) is 0 Å². The normalized spacial score (nSPS) is 23.1. The molecule has 0 N–H and O–H groups in total. The fourth-order valence-electron chi connectivity index (χ4n) is 2.95. The van der Waals surface area contributed by atoms with E-state index >= 15 is 0 Å². The van der Waals surface area contributed by atoms with E-state index in [-0.39, 0.29) is 0 Å². The van der Waals surface area contributed by atoms with E-state index < -0.39 is 8.24 Å². The van der Waals surface area contributed by atoms with Crippen molar-refractivity contribution in [1.29, 1.82) is 0 Å². The van der Waals surface area contributed by atoms with Crippen molar-refractivity contribution in [2.75, 3.05) is 13.1 Å². The van der Waals surface area contributed by atoms with Crippen molar-refractivity contribution in [3.05, 3.63) is 11.8 Å². The summed E-state index contributed by atoms with van der Waals surface area (Å²) >= 11 is 0. The topological polar surface area (TPSA) is 3.24 Å². The minimum Gasteiger partial charge on any atom is -0.320 e. The molecule has 0 bridgehead atoms. The average molecular weight is 225 g/mol. The van der Waals surface area contributed by atoms with Gasteiger partial charge in [-0.1, -0.05) is 38.5 Å². The summed E-state index contributed by atoms with van der Waals surface area (Å²) in [4.78, 5) is 0. The van der Waals surface area contributed by atoms with Crippen LogP contribution in [0.25, 0.3) is 0 Å². The highest BCUT2D eigenvalue weighted by molar-refractivity contribution is 6.81. The monoisotopic (exact) mass is 225 g/mol. The van der Waals surface area contributed by atoms with Crippen molar-refractivity contribution in [2.45, 2.75) is 58.5 Å². The fraction of sp³-hybridized carbons (Fsp3) is 0.846. The largest absolute Gasteiger partial charge is 0.320 e. The number of nitrogens with zero attached hydrogens (tertiary/aromatic N) is 1. The van der Waals surface area contributed by atoms with Crippen LogP contribution >= 0.6 is 0 Å². The van der Waals surface area contributed by atoms with Crippen molar-refractivity contribution in [3.63, 3.8) is 0 Å². The van der Waals surface area contributed by atoms with Gasteiger partial charge in [-0.05, 0) is 44.9 Å². The minimum atomic E-state index is -1.22. The molecule has 0 aromatic carbocycles. The SMILES string of the molecule is CC=C[Si](CC)(CCC)N1CCCCC1. The van der Waals surface area contributed by atoms with Gasteiger partial charge < -0.3 is 4.57 Å². The van der Waals surface area contributed by atoms with E-state index in [0.29, 0.717) is 0 Å². The maximum absolute atomic E-state index is 2.86. The number of allylic oxidation sites excluding steroid dienone is 1. The lowest BCUT2D eigenvalue weighted by Crippen LogP contribution is -2.53. The van der Waals surface area contributed by atoms with Crippen LogP contribution in [-0.2, 0) is 0 Å². The van der Waals surface area contributed by atoms with Gasteiger partial charge in [0.25, 0.3) is 0 Å². The maximum atomic E-state index is 2.86. The summed E-state index contributed by atoms with van der Waals surface area (Å²) in [5, 5.41) is 0. The van der Waals surface area contributed by atoms with E-state index in [9.17, 15) is 0 Å². The molecule has 1 aliphatic rings. The number of rotatable bonds is 5. The standard InChI is InChI=1S/C13H27NSi/c1-4-12-15(6-3,13-5-2)14-10-8-7-9-11-14/h4,12H,5-11,13H2,1-3H3. The number of piperidine rings is 1. The molecule has 0 aromatic heterocycles. The van der Waals surface area contributed by atoms with Crippen molar-refractivity contribution in [2.24, 2.45) is 0 Å². The van der Waals surface area contributed by atoms with Gasteiger partial charge in [-0.2, -0.15) is 0 Å². The fourth-order valence-corrected chi connectivity index (χ4v) is 7.37. The molecule has 0 aliphatic carbocycles. The quantitative estimate of drug-likeness (QED) is 0.640. The zero-order chi connectivity index (χ0) is 11.1. The Hall–Kier alpha value is -0.0831. The predicted octanol–water partition coefficient (Wildman–Crippen LogP) is 3.96. The van der Waals surface area contributed by atoms with Gasteiger partial charge in [0.1, 0.15) is 0 Å². The molecule has 1 fully saturated rings. The average Bonchev–Trinajstić information content (AvgIpc) is 2.30. The molecule has 1 saturated heterocycles. The Morgan fingerprint density at radius 3 is 2.27 bits per heavy atom. The lowest BCUT2D eigenvalue weighted by atomic mass is 10.2. The van der Waals surface area contributed by atoms with Crippen LogP contribution in [0, 0.1) is 0 Å². The molecule has 1 rings (SSSR count). The van der Waals surface area contributed by atoms with Gasteiger partial charge in [-0.3, -0.25) is 0 Å². The van der Waals surface area contributed by atoms with Crippen LogP contribution < -0.4 is 0 Å². The lowest BCUT2D eigenvalue weighted by molar-refractivity contribution is 0.342. The molecule has 1 heterocycles. The molecule has 0 radical (unpaired) electrons. The maximum Gasteiger partial charge on any atom is 0.152 e. The predicted molar refractivity (Wildman–Crippen MR) is 71.6 cm³/mol. The van der Waals surface area contributed by atoms with E-state index in [1.807, 2.05) is 0 Å². The van der Waals surface area contributed by atoms with Gasteiger partial charge in [-0.25, -0.2) is 0 Å². The molecule has 0 spiro atoms. The number of hydrogen-bond acceptors (Lipinski definition) is 1. The molecular weight excluding hydrogens is 198 g/mol. The third-order valence-corrected chi connectivity index (χ3v) is 9.01. The third-order valence-electron chi connectivity index (χ3n) is 3.76. The van der Waals surface area contributed by atoms with Crippen LogP contribution in [0.5, 0.6) is 0 Å². The van der Waals surface area contributed by atoms with Crippen LogP contribution in [0.4, 0.5) is 0 Å². The van der Waals surface area contributed by atoms with Crippen molar-refractivity contribution >= 4 is 8.24 Å². The Bertz CT molecular complexity index is 197. The molecule has 88 valence electrons. The molecule has 1 atom stereocenters. The van der Waals surface area contributed by atoms with Crippen LogP contribution in [0.3, 0.4) is 0 Å². The summed E-state index contributed by atoms with van der Waals surface area (Å²) in [6.45, 7) is 9.66. The van der Waals surface area contributed by atoms with E-state index in [0.717, 1.165) is 0 Å².